The van der Waals surface area contributed by atoms with Crippen LogP contribution in [0.2, 0.25) is 5.02 Å². The van der Waals surface area contributed by atoms with Crippen molar-refractivity contribution in [3.05, 3.63) is 59.4 Å². The summed E-state index contributed by atoms with van der Waals surface area (Å²) in [7, 11) is 1.59. The Hall–Kier alpha value is -3.06. The van der Waals surface area contributed by atoms with E-state index in [0.717, 1.165) is 5.56 Å². The molecule has 3 rings (SSSR count). The van der Waals surface area contributed by atoms with Gasteiger partial charge in [-0.15, -0.1) is 0 Å². The highest BCUT2D eigenvalue weighted by Gasteiger charge is 2.16. The highest BCUT2D eigenvalue weighted by Crippen LogP contribution is 2.21. The number of benzene rings is 2. The summed E-state index contributed by atoms with van der Waals surface area (Å²) in [6.45, 7) is 1.75. The first kappa shape index (κ1) is 18.7. The van der Waals surface area contributed by atoms with Gasteiger partial charge in [0.25, 0.3) is 5.91 Å². The second kappa shape index (κ2) is 8.55. The number of rotatable bonds is 7. The maximum Gasteiger partial charge on any atom is 0.261 e. The lowest BCUT2D eigenvalue weighted by molar-refractivity contribution is -0.127. The predicted molar refractivity (Wildman–Crippen MR) is 99.7 cm³/mol. The van der Waals surface area contributed by atoms with E-state index in [1.54, 1.807) is 44.4 Å². The molecule has 2 aromatic carbocycles. The van der Waals surface area contributed by atoms with Gasteiger partial charge in [-0.25, -0.2) is 0 Å². The summed E-state index contributed by atoms with van der Waals surface area (Å²) in [5.74, 6) is 1.66. The van der Waals surface area contributed by atoms with Gasteiger partial charge in [0.1, 0.15) is 11.5 Å². The Bertz CT molecular complexity index is 911. The van der Waals surface area contributed by atoms with Crippen LogP contribution >= 0.6 is 11.6 Å². The average Bonchev–Trinajstić information content (AvgIpc) is 3.17. The number of ether oxygens (including phenoxy) is 2. The fraction of sp³-hybridized carbons (Fsp3) is 0.211. The molecule has 0 radical (unpaired) electrons. The lowest BCUT2D eigenvalue weighted by atomic mass is 10.2. The van der Waals surface area contributed by atoms with Crippen molar-refractivity contribution in [2.45, 2.75) is 19.6 Å². The van der Waals surface area contributed by atoms with Crippen molar-refractivity contribution in [1.29, 1.82) is 0 Å². The van der Waals surface area contributed by atoms with Crippen LogP contribution in [-0.2, 0) is 11.3 Å². The molecule has 0 aliphatic rings. The average molecular weight is 388 g/mol. The molecule has 8 heteroatoms. The molecule has 140 valence electrons. The molecule has 0 bridgehead atoms. The van der Waals surface area contributed by atoms with E-state index in [0.29, 0.717) is 28.2 Å². The molecule has 0 saturated carbocycles. The predicted octanol–water partition coefficient (Wildman–Crippen LogP) is 3.48. The minimum absolute atomic E-state index is 0.101. The third-order valence-corrected chi connectivity index (χ3v) is 3.96. The number of carbonyl (C=O) groups excluding carboxylic acids is 1. The first-order chi connectivity index (χ1) is 13.0. The van der Waals surface area contributed by atoms with Crippen LogP contribution in [0, 0.1) is 0 Å². The van der Waals surface area contributed by atoms with Gasteiger partial charge in [0, 0.05) is 10.6 Å². The molecule has 0 spiro atoms. The summed E-state index contributed by atoms with van der Waals surface area (Å²) in [6, 6.07) is 14.1. The van der Waals surface area contributed by atoms with Crippen molar-refractivity contribution < 1.29 is 18.8 Å². The molecule has 0 aliphatic carbocycles. The van der Waals surface area contributed by atoms with Gasteiger partial charge < -0.3 is 19.3 Å². The van der Waals surface area contributed by atoms with Crippen LogP contribution in [0.15, 0.2) is 53.1 Å². The van der Waals surface area contributed by atoms with Gasteiger partial charge in [-0.05, 0) is 43.3 Å². The van der Waals surface area contributed by atoms with Crippen LogP contribution in [-0.4, -0.2) is 29.3 Å². The molecule has 0 fully saturated rings. The van der Waals surface area contributed by atoms with Crippen molar-refractivity contribution in [2.75, 3.05) is 7.11 Å². The van der Waals surface area contributed by atoms with Crippen LogP contribution in [0.5, 0.6) is 11.5 Å². The minimum Gasteiger partial charge on any atom is -0.497 e. The molecule has 0 saturated heterocycles. The minimum atomic E-state index is -0.688. The smallest absolute Gasteiger partial charge is 0.261 e. The number of halogens is 1. The lowest BCUT2D eigenvalue weighted by Gasteiger charge is -2.13. The number of amides is 1. The second-order valence-electron chi connectivity index (χ2n) is 5.68. The van der Waals surface area contributed by atoms with E-state index >= 15 is 0 Å². The Labute approximate surface area is 161 Å². The third-order valence-electron chi connectivity index (χ3n) is 3.71. The Morgan fingerprint density at radius 3 is 2.74 bits per heavy atom. The van der Waals surface area contributed by atoms with Gasteiger partial charge in [-0.2, -0.15) is 4.98 Å². The third kappa shape index (κ3) is 4.98. The van der Waals surface area contributed by atoms with Crippen LogP contribution in [0.1, 0.15) is 12.8 Å². The molecule has 1 N–H and O–H groups in total. The Morgan fingerprint density at radius 2 is 2.00 bits per heavy atom. The highest BCUT2D eigenvalue weighted by molar-refractivity contribution is 6.30. The highest BCUT2D eigenvalue weighted by atomic mass is 35.5. The summed E-state index contributed by atoms with van der Waals surface area (Å²) < 4.78 is 15.9. The maximum atomic E-state index is 12.2. The lowest BCUT2D eigenvalue weighted by Crippen LogP contribution is -2.35. The van der Waals surface area contributed by atoms with Crippen molar-refractivity contribution >= 4 is 17.5 Å². The molecular weight excluding hydrogens is 370 g/mol. The fourth-order valence-electron chi connectivity index (χ4n) is 2.28. The quantitative estimate of drug-likeness (QED) is 0.667. The maximum absolute atomic E-state index is 12.2. The number of hydrogen-bond donors (Lipinski definition) is 1. The number of methoxy groups -OCH3 is 1. The Balaban J connectivity index is 1.55. The van der Waals surface area contributed by atoms with E-state index in [-0.39, 0.29) is 12.5 Å². The first-order valence-corrected chi connectivity index (χ1v) is 8.60. The van der Waals surface area contributed by atoms with Gasteiger partial charge in [-0.3, -0.25) is 4.79 Å². The molecule has 1 atom stereocenters. The number of hydrogen-bond acceptors (Lipinski definition) is 6. The molecule has 0 aliphatic heterocycles. The van der Waals surface area contributed by atoms with Crippen molar-refractivity contribution in [3.8, 4) is 22.9 Å². The van der Waals surface area contributed by atoms with Crippen LogP contribution in [0.25, 0.3) is 11.4 Å². The number of carbonyl (C=O) groups is 1. The Kier molecular flexibility index (Phi) is 5.93. The number of aromatic nitrogens is 2. The molecule has 7 nitrogen and oxygen atoms in total. The summed E-state index contributed by atoms with van der Waals surface area (Å²) in [6.07, 6.45) is -0.688. The molecule has 1 aromatic heterocycles. The van der Waals surface area contributed by atoms with Gasteiger partial charge >= 0.3 is 0 Å². The molecule has 3 aromatic rings. The zero-order chi connectivity index (χ0) is 19.2. The summed E-state index contributed by atoms with van der Waals surface area (Å²) in [4.78, 5) is 16.5. The largest absolute Gasteiger partial charge is 0.497 e. The van der Waals surface area contributed by atoms with Gasteiger partial charge in [0.15, 0.2) is 6.10 Å². The first-order valence-electron chi connectivity index (χ1n) is 8.22. The zero-order valence-electron chi connectivity index (χ0n) is 14.8. The van der Waals surface area contributed by atoms with Crippen LogP contribution in [0.3, 0.4) is 0 Å². The van der Waals surface area contributed by atoms with Crippen molar-refractivity contribution in [1.82, 2.24) is 15.5 Å². The molecular formula is C19H18ClN3O4. The van der Waals surface area contributed by atoms with Crippen LogP contribution in [0.4, 0.5) is 0 Å². The summed E-state index contributed by atoms with van der Waals surface area (Å²) >= 11 is 5.83. The van der Waals surface area contributed by atoms with Crippen molar-refractivity contribution in [2.24, 2.45) is 0 Å². The monoisotopic (exact) mass is 387 g/mol. The SMILES string of the molecule is COc1cccc(-c2noc(CNC(=O)C(C)Oc3ccc(Cl)cc3)n2)c1. The van der Waals surface area contributed by atoms with E-state index in [4.69, 9.17) is 25.6 Å². The van der Waals surface area contributed by atoms with E-state index in [1.165, 1.54) is 0 Å². The number of nitrogens with zero attached hydrogens (tertiary/aromatic N) is 2. The van der Waals surface area contributed by atoms with Gasteiger partial charge in [-0.1, -0.05) is 28.9 Å². The molecule has 27 heavy (non-hydrogen) atoms. The zero-order valence-corrected chi connectivity index (χ0v) is 15.6. The van der Waals surface area contributed by atoms with Gasteiger partial charge in [0.05, 0.1) is 13.7 Å². The van der Waals surface area contributed by atoms with E-state index in [9.17, 15) is 4.79 Å². The Morgan fingerprint density at radius 1 is 1.22 bits per heavy atom. The van der Waals surface area contributed by atoms with E-state index in [1.807, 2.05) is 18.2 Å². The normalized spacial score (nSPS) is 11.7. The molecule has 1 amide bonds. The molecule has 1 unspecified atom stereocenters. The second-order valence-corrected chi connectivity index (χ2v) is 6.11. The van der Waals surface area contributed by atoms with Crippen molar-refractivity contribution in [3.63, 3.8) is 0 Å². The standard InChI is InChI=1S/C19H18ClN3O4/c1-12(26-15-8-6-14(20)7-9-15)19(24)21-11-17-22-18(23-27-17)13-4-3-5-16(10-13)25-2/h3-10,12H,11H2,1-2H3,(H,21,24). The van der Waals surface area contributed by atoms with Crippen LogP contribution < -0.4 is 14.8 Å². The van der Waals surface area contributed by atoms with E-state index < -0.39 is 6.10 Å². The topological polar surface area (TPSA) is 86.5 Å². The number of nitrogens with one attached hydrogen (secondary N) is 1. The summed E-state index contributed by atoms with van der Waals surface area (Å²) in [5.41, 5.74) is 0.759. The fourth-order valence-corrected chi connectivity index (χ4v) is 2.41. The van der Waals surface area contributed by atoms with Gasteiger partial charge in [0.2, 0.25) is 11.7 Å². The van der Waals surface area contributed by atoms with E-state index in [2.05, 4.69) is 15.5 Å². The molecule has 1 heterocycles. The summed E-state index contributed by atoms with van der Waals surface area (Å²) in [5, 5.41) is 7.23.